The van der Waals surface area contributed by atoms with Crippen LogP contribution in [0.1, 0.15) is 12.0 Å². The molecular formula is C16H12Cl2F4N2O. The zero-order chi connectivity index (χ0) is 18.6. The highest BCUT2D eigenvalue weighted by Gasteiger charge is 2.33. The zero-order valence-electron chi connectivity index (χ0n) is 12.6. The number of carbonyl (C=O) groups is 1. The van der Waals surface area contributed by atoms with Gasteiger partial charge in [0.1, 0.15) is 5.82 Å². The van der Waals surface area contributed by atoms with E-state index < -0.39 is 28.5 Å². The van der Waals surface area contributed by atoms with E-state index in [1.807, 2.05) is 0 Å². The van der Waals surface area contributed by atoms with Crippen molar-refractivity contribution in [2.75, 3.05) is 17.2 Å². The molecule has 0 spiro atoms. The standard InChI is InChI=1S/C16H12Cl2F4N2O/c17-12-3-1-9(7-11(12)16(20,21)22)23-6-5-15(25)24-10-2-4-14(19)13(18)8-10/h1-4,7-8,23H,5-6H2,(H,24,25). The second-order valence-corrected chi connectivity index (χ2v) is 5.86. The molecule has 0 aliphatic carbocycles. The van der Waals surface area contributed by atoms with Gasteiger partial charge in [-0.1, -0.05) is 23.2 Å². The molecule has 25 heavy (non-hydrogen) atoms. The van der Waals surface area contributed by atoms with Crippen LogP contribution in [0, 0.1) is 5.82 Å². The monoisotopic (exact) mass is 394 g/mol. The van der Waals surface area contributed by atoms with Gasteiger partial charge in [0.25, 0.3) is 0 Å². The van der Waals surface area contributed by atoms with Gasteiger partial charge >= 0.3 is 6.18 Å². The Morgan fingerprint density at radius 2 is 1.68 bits per heavy atom. The average Bonchev–Trinajstić information content (AvgIpc) is 2.51. The summed E-state index contributed by atoms with van der Waals surface area (Å²) in [5.41, 5.74) is -0.443. The van der Waals surface area contributed by atoms with E-state index in [1.165, 1.54) is 18.2 Å². The molecule has 0 aliphatic heterocycles. The third-order valence-corrected chi connectivity index (χ3v) is 3.78. The predicted octanol–water partition coefficient (Wildman–Crippen LogP) is 5.59. The Morgan fingerprint density at radius 1 is 1.00 bits per heavy atom. The Labute approximate surface area is 150 Å². The summed E-state index contributed by atoms with van der Waals surface area (Å²) in [4.78, 5) is 11.8. The minimum atomic E-state index is -4.56. The van der Waals surface area contributed by atoms with Crippen molar-refractivity contribution in [2.45, 2.75) is 12.6 Å². The van der Waals surface area contributed by atoms with Crippen LogP contribution < -0.4 is 10.6 Å². The number of rotatable bonds is 5. The summed E-state index contributed by atoms with van der Waals surface area (Å²) in [6.45, 7) is 0.0969. The predicted molar refractivity (Wildman–Crippen MR) is 89.6 cm³/mol. The maximum absolute atomic E-state index is 13.0. The molecule has 0 heterocycles. The molecule has 2 aromatic carbocycles. The zero-order valence-corrected chi connectivity index (χ0v) is 14.1. The number of benzene rings is 2. The smallest absolute Gasteiger partial charge is 0.385 e. The molecule has 1 amide bonds. The SMILES string of the molecule is O=C(CCNc1ccc(Cl)c(C(F)(F)F)c1)Nc1ccc(F)c(Cl)c1. The average molecular weight is 395 g/mol. The van der Waals surface area contributed by atoms with Crippen LogP contribution in [-0.4, -0.2) is 12.5 Å². The van der Waals surface area contributed by atoms with E-state index in [4.69, 9.17) is 23.2 Å². The van der Waals surface area contributed by atoms with E-state index in [-0.39, 0.29) is 23.7 Å². The van der Waals surface area contributed by atoms with Gasteiger partial charge in [-0.15, -0.1) is 0 Å². The molecule has 0 radical (unpaired) electrons. The number of halogens is 6. The van der Waals surface area contributed by atoms with E-state index in [1.54, 1.807) is 0 Å². The number of amides is 1. The van der Waals surface area contributed by atoms with Crippen molar-refractivity contribution in [3.8, 4) is 0 Å². The van der Waals surface area contributed by atoms with Crippen molar-refractivity contribution < 1.29 is 22.4 Å². The Balaban J connectivity index is 1.90. The number of hydrogen-bond acceptors (Lipinski definition) is 2. The fourth-order valence-corrected chi connectivity index (χ4v) is 2.38. The molecule has 0 unspecified atom stereocenters. The topological polar surface area (TPSA) is 41.1 Å². The molecule has 3 nitrogen and oxygen atoms in total. The first-order valence-electron chi connectivity index (χ1n) is 7.02. The molecule has 0 aliphatic rings. The van der Waals surface area contributed by atoms with Crippen LogP contribution in [-0.2, 0) is 11.0 Å². The van der Waals surface area contributed by atoms with Gasteiger partial charge in [-0.3, -0.25) is 4.79 Å². The van der Waals surface area contributed by atoms with Crippen molar-refractivity contribution in [1.29, 1.82) is 0 Å². The van der Waals surface area contributed by atoms with Gasteiger partial charge < -0.3 is 10.6 Å². The Morgan fingerprint density at radius 3 is 2.32 bits per heavy atom. The second-order valence-electron chi connectivity index (χ2n) is 5.05. The van der Waals surface area contributed by atoms with Crippen LogP contribution in [0.2, 0.25) is 10.0 Å². The fourth-order valence-electron chi connectivity index (χ4n) is 1.97. The van der Waals surface area contributed by atoms with Gasteiger partial charge in [0.2, 0.25) is 5.91 Å². The molecule has 0 fully saturated rings. The highest BCUT2D eigenvalue weighted by molar-refractivity contribution is 6.31. The molecule has 2 rings (SSSR count). The maximum Gasteiger partial charge on any atom is 0.417 e. The highest BCUT2D eigenvalue weighted by Crippen LogP contribution is 2.36. The van der Waals surface area contributed by atoms with E-state index >= 15 is 0 Å². The lowest BCUT2D eigenvalue weighted by molar-refractivity contribution is -0.137. The van der Waals surface area contributed by atoms with Crippen LogP contribution in [0.15, 0.2) is 36.4 Å². The molecule has 0 bridgehead atoms. The van der Waals surface area contributed by atoms with Crippen LogP contribution in [0.4, 0.5) is 28.9 Å². The third kappa shape index (κ3) is 5.51. The number of anilines is 2. The molecule has 134 valence electrons. The summed E-state index contributed by atoms with van der Waals surface area (Å²) in [6.07, 6.45) is -4.58. The Hall–Kier alpha value is -1.99. The first-order valence-corrected chi connectivity index (χ1v) is 7.78. The summed E-state index contributed by atoms with van der Waals surface area (Å²) in [6, 6.07) is 7.11. The summed E-state index contributed by atoms with van der Waals surface area (Å²) >= 11 is 11.1. The summed E-state index contributed by atoms with van der Waals surface area (Å²) in [5, 5.41) is 4.70. The Bertz CT molecular complexity index is 781. The van der Waals surface area contributed by atoms with Gasteiger partial charge in [0, 0.05) is 24.3 Å². The van der Waals surface area contributed by atoms with Crippen molar-refractivity contribution in [2.24, 2.45) is 0 Å². The second kappa shape index (κ2) is 7.93. The van der Waals surface area contributed by atoms with Crippen LogP contribution in [0.5, 0.6) is 0 Å². The molecule has 0 aromatic heterocycles. The molecular weight excluding hydrogens is 383 g/mol. The highest BCUT2D eigenvalue weighted by atomic mass is 35.5. The van der Waals surface area contributed by atoms with Crippen molar-refractivity contribution in [3.05, 3.63) is 57.8 Å². The van der Waals surface area contributed by atoms with E-state index in [0.717, 1.165) is 18.2 Å². The van der Waals surface area contributed by atoms with E-state index in [9.17, 15) is 22.4 Å². The third-order valence-electron chi connectivity index (χ3n) is 3.16. The lowest BCUT2D eigenvalue weighted by Crippen LogP contribution is -2.16. The van der Waals surface area contributed by atoms with Crippen molar-refractivity contribution in [1.82, 2.24) is 0 Å². The van der Waals surface area contributed by atoms with Gasteiger partial charge in [0.05, 0.1) is 15.6 Å². The lowest BCUT2D eigenvalue weighted by atomic mass is 10.2. The summed E-state index contributed by atoms with van der Waals surface area (Å²) in [5.74, 6) is -1.01. The van der Waals surface area contributed by atoms with Crippen LogP contribution in [0.3, 0.4) is 0 Å². The minimum absolute atomic E-state index is 0.0149. The number of alkyl halides is 3. The maximum atomic E-state index is 13.0. The first kappa shape index (κ1) is 19.3. The number of nitrogens with one attached hydrogen (secondary N) is 2. The largest absolute Gasteiger partial charge is 0.417 e. The van der Waals surface area contributed by atoms with E-state index in [0.29, 0.717) is 5.69 Å². The lowest BCUT2D eigenvalue weighted by Gasteiger charge is -2.12. The quantitative estimate of drug-likeness (QED) is 0.648. The van der Waals surface area contributed by atoms with Gasteiger partial charge in [-0.2, -0.15) is 13.2 Å². The summed E-state index contributed by atoms with van der Waals surface area (Å²) < 4.78 is 51.3. The molecule has 0 atom stereocenters. The Kier molecular flexibility index (Phi) is 6.13. The van der Waals surface area contributed by atoms with Crippen LogP contribution >= 0.6 is 23.2 Å². The fraction of sp³-hybridized carbons (Fsp3) is 0.188. The molecule has 2 N–H and O–H groups in total. The number of carbonyl (C=O) groups excluding carboxylic acids is 1. The molecule has 2 aromatic rings. The molecule has 0 saturated heterocycles. The van der Waals surface area contributed by atoms with Crippen LogP contribution in [0.25, 0.3) is 0 Å². The molecule has 0 saturated carbocycles. The normalized spacial score (nSPS) is 11.3. The van der Waals surface area contributed by atoms with Crippen molar-refractivity contribution >= 4 is 40.5 Å². The van der Waals surface area contributed by atoms with Gasteiger partial charge in [0.15, 0.2) is 0 Å². The minimum Gasteiger partial charge on any atom is -0.385 e. The van der Waals surface area contributed by atoms with Gasteiger partial charge in [-0.05, 0) is 36.4 Å². The number of hydrogen-bond donors (Lipinski definition) is 2. The van der Waals surface area contributed by atoms with E-state index in [2.05, 4.69) is 10.6 Å². The first-order chi connectivity index (χ1) is 11.7. The van der Waals surface area contributed by atoms with Crippen molar-refractivity contribution in [3.63, 3.8) is 0 Å². The molecule has 9 heteroatoms. The summed E-state index contributed by atoms with van der Waals surface area (Å²) in [7, 11) is 0. The van der Waals surface area contributed by atoms with Gasteiger partial charge in [-0.25, -0.2) is 4.39 Å².